The van der Waals surface area contributed by atoms with Crippen LogP contribution in [0.2, 0.25) is 0 Å². The maximum absolute atomic E-state index is 14.0. The Morgan fingerprint density at radius 1 is 1.19 bits per heavy atom. The van der Waals surface area contributed by atoms with Gasteiger partial charge in [-0.1, -0.05) is 19.1 Å². The highest BCUT2D eigenvalue weighted by atomic mass is 16.5. The van der Waals surface area contributed by atoms with Crippen LogP contribution >= 0.6 is 0 Å². The molecule has 1 amide bonds. The average Bonchev–Trinajstić information content (AvgIpc) is 2.80. The van der Waals surface area contributed by atoms with Crippen molar-refractivity contribution in [3.05, 3.63) is 58.1 Å². The number of amides is 1. The average molecular weight is 497 g/mol. The molecule has 1 saturated carbocycles. The minimum absolute atomic E-state index is 0.0477. The van der Waals surface area contributed by atoms with Crippen molar-refractivity contribution in [1.82, 2.24) is 4.90 Å². The summed E-state index contributed by atoms with van der Waals surface area (Å²) in [6.07, 6.45) is 2.04. The summed E-state index contributed by atoms with van der Waals surface area (Å²) in [7, 11) is 3.10. The molecule has 6 atom stereocenters. The highest BCUT2D eigenvalue weighted by Gasteiger charge is 2.70. The molecular formula is C26H28N2O8. The van der Waals surface area contributed by atoms with Crippen molar-refractivity contribution in [3.8, 4) is 5.75 Å². The zero-order valence-corrected chi connectivity index (χ0v) is 20.1. The lowest BCUT2D eigenvalue weighted by molar-refractivity contribution is -0.173. The summed E-state index contributed by atoms with van der Waals surface area (Å²) in [6, 6.07) is 3.50. The number of allylic oxidation sites excluding steroid dienone is 2. The van der Waals surface area contributed by atoms with Gasteiger partial charge in [0.15, 0.2) is 11.4 Å². The number of rotatable bonds is 4. The van der Waals surface area contributed by atoms with E-state index in [0.29, 0.717) is 17.7 Å². The number of nitrogens with zero attached hydrogens (tertiary/aromatic N) is 1. The van der Waals surface area contributed by atoms with Crippen LogP contribution in [-0.2, 0) is 19.1 Å². The van der Waals surface area contributed by atoms with Crippen molar-refractivity contribution in [3.63, 3.8) is 0 Å². The van der Waals surface area contributed by atoms with Gasteiger partial charge in [-0.25, -0.2) is 0 Å². The highest BCUT2D eigenvalue weighted by Crippen LogP contribution is 2.59. The van der Waals surface area contributed by atoms with Gasteiger partial charge in [-0.2, -0.15) is 0 Å². The van der Waals surface area contributed by atoms with Crippen molar-refractivity contribution in [1.29, 1.82) is 0 Å². The molecule has 0 aromatic heterocycles. The number of hydrogen-bond acceptors (Lipinski definition) is 9. The first-order chi connectivity index (χ1) is 17.0. The quantitative estimate of drug-likeness (QED) is 0.384. The summed E-state index contributed by atoms with van der Waals surface area (Å²) in [5.74, 6) is -7.25. The van der Waals surface area contributed by atoms with Crippen molar-refractivity contribution >= 4 is 23.2 Å². The summed E-state index contributed by atoms with van der Waals surface area (Å²) in [5.41, 5.74) is 2.12. The number of likely N-dealkylation sites (N-methyl/N-ethyl adjacent to an activating group) is 1. The largest absolute Gasteiger partial charge is 0.508 e. The minimum Gasteiger partial charge on any atom is -0.508 e. The second-order valence-corrected chi connectivity index (χ2v) is 10.0. The zero-order chi connectivity index (χ0) is 26.3. The molecule has 0 saturated heterocycles. The highest BCUT2D eigenvalue weighted by molar-refractivity contribution is 6.24. The number of carbonyl (C=O) groups is 3. The first kappa shape index (κ1) is 24.1. The van der Waals surface area contributed by atoms with Crippen LogP contribution in [0.1, 0.15) is 36.8 Å². The van der Waals surface area contributed by atoms with Crippen molar-refractivity contribution < 1.29 is 39.5 Å². The lowest BCUT2D eigenvalue weighted by atomic mass is 9.53. The molecule has 0 radical (unpaired) electrons. The smallest absolute Gasteiger partial charge is 0.255 e. The molecule has 1 aromatic carbocycles. The number of ether oxygens (including phenoxy) is 1. The van der Waals surface area contributed by atoms with Gasteiger partial charge in [0.2, 0.25) is 5.78 Å². The van der Waals surface area contributed by atoms with Crippen LogP contribution in [0, 0.1) is 11.8 Å². The monoisotopic (exact) mass is 496 g/mol. The Kier molecular flexibility index (Phi) is 5.31. The van der Waals surface area contributed by atoms with Crippen LogP contribution in [0.25, 0.3) is 5.76 Å². The number of Topliss-reactive ketones (excluding diaryl/α,β-unsaturated/α-hetero) is 2. The van der Waals surface area contributed by atoms with Crippen LogP contribution in [0.4, 0.5) is 0 Å². The van der Waals surface area contributed by atoms with Gasteiger partial charge < -0.3 is 30.9 Å². The van der Waals surface area contributed by atoms with Crippen LogP contribution in [0.3, 0.4) is 0 Å². The van der Waals surface area contributed by atoms with Gasteiger partial charge in [-0.3, -0.25) is 19.3 Å². The van der Waals surface area contributed by atoms with Gasteiger partial charge in [0.1, 0.15) is 28.9 Å². The maximum atomic E-state index is 14.0. The number of phenolic OH excluding ortho intramolecular Hbond substituents is 1. The second kappa shape index (κ2) is 7.94. The number of aliphatic hydroxyl groups is 3. The number of ketones is 2. The molecule has 1 aliphatic heterocycles. The van der Waals surface area contributed by atoms with Crippen LogP contribution < -0.4 is 5.73 Å². The number of nitrogens with two attached hydrogens (primary N) is 1. The second-order valence-electron chi connectivity index (χ2n) is 10.0. The predicted molar refractivity (Wildman–Crippen MR) is 127 cm³/mol. The van der Waals surface area contributed by atoms with Crippen LogP contribution in [0.5, 0.6) is 5.75 Å². The zero-order valence-electron chi connectivity index (χ0n) is 20.1. The fraction of sp³-hybridized carbons (Fsp3) is 0.423. The Morgan fingerprint density at radius 2 is 1.89 bits per heavy atom. The van der Waals surface area contributed by atoms with E-state index in [0.717, 1.165) is 6.42 Å². The van der Waals surface area contributed by atoms with Gasteiger partial charge in [-0.15, -0.1) is 0 Å². The van der Waals surface area contributed by atoms with E-state index < -0.39 is 70.1 Å². The number of benzene rings is 1. The Morgan fingerprint density at radius 3 is 2.50 bits per heavy atom. The summed E-state index contributed by atoms with van der Waals surface area (Å²) >= 11 is 0. The van der Waals surface area contributed by atoms with Crippen molar-refractivity contribution in [2.75, 3.05) is 14.1 Å². The molecule has 1 fully saturated rings. The summed E-state index contributed by atoms with van der Waals surface area (Å²) < 4.78 is 6.33. The SMILES string of the molecule is CCCC1=C[C@H]2c3cccc(O)c3C(O)=C3C(=O)[C@]4(O)C(O)=C(C(N)=O)C(=O)[C@H](N(C)C)[C@H]4[C@@H](O1)[C@@H]32. The van der Waals surface area contributed by atoms with E-state index in [1.165, 1.54) is 11.0 Å². The lowest BCUT2D eigenvalue weighted by Crippen LogP contribution is -2.71. The van der Waals surface area contributed by atoms with Crippen LogP contribution in [-0.4, -0.2) is 74.6 Å². The van der Waals surface area contributed by atoms with Gasteiger partial charge in [0.25, 0.3) is 5.91 Å². The molecule has 1 heterocycles. The molecule has 36 heavy (non-hydrogen) atoms. The predicted octanol–water partition coefficient (Wildman–Crippen LogP) is 1.20. The standard InChI is InChI=1S/C26H28N2O8/c1-4-6-10-9-12-11-7-5-8-13(29)14(11)20(30)16-15(12)22(36-10)18-19(28(2)3)21(31)17(25(27)34)24(33)26(18,35)23(16)32/h5,7-9,12,15,18-19,22,29-30,33,35H,4,6H2,1-3H3,(H2,27,34)/t12-,15+,18-,19+,22-,26-/m0/s1. The molecule has 0 spiro atoms. The first-order valence-electron chi connectivity index (χ1n) is 11.8. The fourth-order valence-electron chi connectivity index (χ4n) is 6.43. The normalized spacial score (nSPS) is 33.0. The number of primary amides is 1. The Balaban J connectivity index is 1.87. The van der Waals surface area contributed by atoms with Gasteiger partial charge in [-0.05, 0) is 38.2 Å². The third kappa shape index (κ3) is 2.88. The van der Waals surface area contributed by atoms with Crippen LogP contribution in [0.15, 0.2) is 46.9 Å². The third-order valence-corrected chi connectivity index (χ3v) is 7.83. The third-order valence-electron chi connectivity index (χ3n) is 7.83. The molecule has 1 aromatic rings. The molecule has 4 aliphatic rings. The summed E-state index contributed by atoms with van der Waals surface area (Å²) in [6.45, 7) is 1.95. The first-order valence-corrected chi connectivity index (χ1v) is 11.8. The number of aliphatic hydroxyl groups excluding tert-OH is 2. The Labute approximate surface area is 207 Å². The number of aromatic hydroxyl groups is 1. The lowest BCUT2D eigenvalue weighted by Gasteiger charge is -2.56. The number of carbonyl (C=O) groups excluding carboxylic acids is 3. The minimum atomic E-state index is -2.78. The molecule has 10 nitrogen and oxygen atoms in total. The Bertz CT molecular complexity index is 1310. The van der Waals surface area contributed by atoms with E-state index in [1.807, 2.05) is 13.0 Å². The molecule has 6 N–H and O–H groups in total. The van der Waals surface area contributed by atoms with E-state index >= 15 is 0 Å². The number of fused-ring (bicyclic) bond motifs is 4. The van der Waals surface area contributed by atoms with E-state index in [9.17, 15) is 34.8 Å². The van der Waals surface area contributed by atoms with E-state index in [1.54, 1.807) is 26.2 Å². The van der Waals surface area contributed by atoms with E-state index in [4.69, 9.17) is 10.5 Å². The summed E-state index contributed by atoms with van der Waals surface area (Å²) in [4.78, 5) is 41.1. The molecule has 0 bridgehead atoms. The summed E-state index contributed by atoms with van der Waals surface area (Å²) in [5, 5.41) is 44.9. The topological polar surface area (TPSA) is 171 Å². The fourth-order valence-corrected chi connectivity index (χ4v) is 6.43. The molecule has 3 aliphatic carbocycles. The maximum Gasteiger partial charge on any atom is 0.255 e. The van der Waals surface area contributed by atoms with Gasteiger partial charge in [0, 0.05) is 23.8 Å². The van der Waals surface area contributed by atoms with E-state index in [-0.39, 0.29) is 16.9 Å². The Hall–Kier alpha value is -3.63. The van der Waals surface area contributed by atoms with Gasteiger partial charge in [0.05, 0.1) is 23.3 Å². The van der Waals surface area contributed by atoms with E-state index in [2.05, 4.69) is 0 Å². The molecule has 5 rings (SSSR count). The number of phenols is 1. The van der Waals surface area contributed by atoms with Crippen molar-refractivity contribution in [2.45, 2.75) is 43.4 Å². The molecule has 10 heteroatoms. The molecular weight excluding hydrogens is 468 g/mol. The molecule has 0 unspecified atom stereocenters. The van der Waals surface area contributed by atoms with Gasteiger partial charge >= 0.3 is 0 Å². The van der Waals surface area contributed by atoms with Crippen molar-refractivity contribution in [2.24, 2.45) is 17.6 Å². The molecule has 190 valence electrons. The number of hydrogen-bond donors (Lipinski definition) is 5.